The van der Waals surface area contributed by atoms with Crippen LogP contribution >= 0.6 is 15.9 Å². The van der Waals surface area contributed by atoms with Crippen molar-refractivity contribution in [2.24, 2.45) is 0 Å². The van der Waals surface area contributed by atoms with E-state index in [1.807, 2.05) is 17.7 Å². The van der Waals surface area contributed by atoms with Crippen molar-refractivity contribution in [3.8, 4) is 0 Å². The minimum atomic E-state index is -0.282. The second-order valence-corrected chi connectivity index (χ2v) is 5.10. The van der Waals surface area contributed by atoms with Gasteiger partial charge in [0, 0.05) is 37.8 Å². The molecular weight excluding hydrogens is 325 g/mol. The van der Waals surface area contributed by atoms with E-state index in [0.29, 0.717) is 4.47 Å². The van der Waals surface area contributed by atoms with E-state index in [4.69, 9.17) is 4.74 Å². The number of nitrogens with zero attached hydrogens (tertiary/aromatic N) is 2. The van der Waals surface area contributed by atoms with Crippen molar-refractivity contribution in [2.75, 3.05) is 18.5 Å². The third-order valence-corrected chi connectivity index (χ3v) is 3.39. The molecule has 0 radical (unpaired) electrons. The van der Waals surface area contributed by atoms with Crippen molar-refractivity contribution in [1.29, 1.82) is 0 Å². The van der Waals surface area contributed by atoms with Crippen LogP contribution in [0.1, 0.15) is 13.3 Å². The van der Waals surface area contributed by atoms with Crippen LogP contribution in [0.15, 0.2) is 35.1 Å². The molecule has 0 spiro atoms. The van der Waals surface area contributed by atoms with Crippen LogP contribution in [0, 0.1) is 5.82 Å². The molecule has 20 heavy (non-hydrogen) atoms. The molecule has 0 saturated heterocycles. The van der Waals surface area contributed by atoms with E-state index in [1.54, 1.807) is 18.3 Å². The number of benzene rings is 1. The first-order valence-corrected chi connectivity index (χ1v) is 7.31. The molecule has 2 rings (SSSR count). The molecule has 0 atom stereocenters. The Hall–Kier alpha value is -1.40. The van der Waals surface area contributed by atoms with Crippen molar-refractivity contribution in [3.63, 3.8) is 0 Å². The number of ether oxygens (including phenoxy) is 1. The van der Waals surface area contributed by atoms with Crippen molar-refractivity contribution in [2.45, 2.75) is 19.9 Å². The molecular formula is C14H17BrFN3O. The maximum atomic E-state index is 13.2. The fraction of sp³-hybridized carbons (Fsp3) is 0.357. The van der Waals surface area contributed by atoms with E-state index in [2.05, 4.69) is 26.2 Å². The molecule has 0 unspecified atom stereocenters. The number of rotatable bonds is 7. The number of hydrogen-bond acceptors (Lipinski definition) is 3. The van der Waals surface area contributed by atoms with Gasteiger partial charge in [-0.1, -0.05) is 0 Å². The minimum absolute atomic E-state index is 0.282. The lowest BCUT2D eigenvalue weighted by molar-refractivity contribution is 0.142. The highest BCUT2D eigenvalue weighted by Crippen LogP contribution is 2.22. The van der Waals surface area contributed by atoms with Gasteiger partial charge < -0.3 is 14.6 Å². The summed E-state index contributed by atoms with van der Waals surface area (Å²) < 4.78 is 20.9. The normalized spacial score (nSPS) is 10.8. The van der Waals surface area contributed by atoms with Crippen LogP contribution in [0.4, 0.5) is 16.0 Å². The smallest absolute Gasteiger partial charge is 0.207 e. The standard InChI is InChI=1S/C14H17BrFN3O/c1-2-20-9-3-7-19-8-6-17-14(19)18-11-4-5-13(16)12(15)10-11/h4-6,8,10H,2-3,7,9H2,1H3,(H,17,18). The Morgan fingerprint density at radius 3 is 3.05 bits per heavy atom. The topological polar surface area (TPSA) is 39.1 Å². The summed E-state index contributed by atoms with van der Waals surface area (Å²) in [6.07, 6.45) is 4.57. The molecule has 108 valence electrons. The van der Waals surface area contributed by atoms with Crippen LogP contribution in [-0.2, 0) is 11.3 Å². The summed E-state index contributed by atoms with van der Waals surface area (Å²) in [6, 6.07) is 4.78. The second kappa shape index (κ2) is 7.40. The van der Waals surface area contributed by atoms with Crippen molar-refractivity contribution >= 4 is 27.6 Å². The Morgan fingerprint density at radius 1 is 1.45 bits per heavy atom. The molecule has 0 fully saturated rings. The number of anilines is 2. The van der Waals surface area contributed by atoms with Gasteiger partial charge in [0.2, 0.25) is 5.95 Å². The highest BCUT2D eigenvalue weighted by Gasteiger charge is 2.05. The summed E-state index contributed by atoms with van der Waals surface area (Å²) in [7, 11) is 0. The van der Waals surface area contributed by atoms with Gasteiger partial charge in [-0.05, 0) is 47.5 Å². The largest absolute Gasteiger partial charge is 0.382 e. The lowest BCUT2D eigenvalue weighted by Crippen LogP contribution is -2.06. The van der Waals surface area contributed by atoms with Gasteiger partial charge in [-0.15, -0.1) is 0 Å². The van der Waals surface area contributed by atoms with E-state index in [0.717, 1.165) is 37.8 Å². The Balaban J connectivity index is 1.99. The molecule has 0 aliphatic carbocycles. The fourth-order valence-electron chi connectivity index (χ4n) is 1.80. The Labute approximate surface area is 126 Å². The second-order valence-electron chi connectivity index (χ2n) is 4.25. The summed E-state index contributed by atoms with van der Waals surface area (Å²) >= 11 is 3.17. The van der Waals surface area contributed by atoms with Crippen LogP contribution in [0.3, 0.4) is 0 Å². The van der Waals surface area contributed by atoms with Gasteiger partial charge in [-0.25, -0.2) is 9.37 Å². The predicted octanol–water partition coefficient (Wildman–Crippen LogP) is 3.95. The third-order valence-electron chi connectivity index (χ3n) is 2.78. The maximum Gasteiger partial charge on any atom is 0.207 e. The zero-order valence-electron chi connectivity index (χ0n) is 11.3. The van der Waals surface area contributed by atoms with Gasteiger partial charge in [-0.3, -0.25) is 0 Å². The average Bonchev–Trinajstić information content (AvgIpc) is 2.86. The molecule has 0 bridgehead atoms. The van der Waals surface area contributed by atoms with E-state index < -0.39 is 0 Å². The minimum Gasteiger partial charge on any atom is -0.382 e. The van der Waals surface area contributed by atoms with E-state index in [9.17, 15) is 4.39 Å². The summed E-state index contributed by atoms with van der Waals surface area (Å²) in [5.74, 6) is 0.454. The van der Waals surface area contributed by atoms with Crippen LogP contribution in [0.25, 0.3) is 0 Å². The Bertz CT molecular complexity index is 559. The molecule has 6 heteroatoms. The lowest BCUT2D eigenvalue weighted by atomic mass is 10.3. The molecule has 1 N–H and O–H groups in total. The van der Waals surface area contributed by atoms with Crippen molar-refractivity contribution in [1.82, 2.24) is 9.55 Å². The maximum absolute atomic E-state index is 13.2. The molecule has 0 aliphatic rings. The van der Waals surface area contributed by atoms with Gasteiger partial charge >= 0.3 is 0 Å². The van der Waals surface area contributed by atoms with Crippen LogP contribution in [-0.4, -0.2) is 22.8 Å². The SMILES string of the molecule is CCOCCCn1ccnc1Nc1ccc(F)c(Br)c1. The first kappa shape index (κ1) is 15.0. The number of aromatic nitrogens is 2. The first-order valence-electron chi connectivity index (χ1n) is 6.51. The zero-order chi connectivity index (χ0) is 14.4. The molecule has 0 saturated carbocycles. The van der Waals surface area contributed by atoms with Gasteiger partial charge in [-0.2, -0.15) is 0 Å². The van der Waals surface area contributed by atoms with Crippen LogP contribution < -0.4 is 5.32 Å². The monoisotopic (exact) mass is 341 g/mol. The number of hydrogen-bond donors (Lipinski definition) is 1. The van der Waals surface area contributed by atoms with Crippen molar-refractivity contribution < 1.29 is 9.13 Å². The number of halogens is 2. The van der Waals surface area contributed by atoms with Gasteiger partial charge in [0.05, 0.1) is 4.47 Å². The molecule has 2 aromatic rings. The average molecular weight is 342 g/mol. The van der Waals surface area contributed by atoms with Crippen molar-refractivity contribution in [3.05, 3.63) is 40.9 Å². The summed E-state index contributed by atoms with van der Waals surface area (Å²) in [6.45, 7) is 4.27. The summed E-state index contributed by atoms with van der Waals surface area (Å²) in [5.41, 5.74) is 0.788. The number of aryl methyl sites for hydroxylation is 1. The molecule has 1 heterocycles. The summed E-state index contributed by atoms with van der Waals surface area (Å²) in [4.78, 5) is 4.26. The van der Waals surface area contributed by atoms with E-state index in [-0.39, 0.29) is 5.82 Å². The van der Waals surface area contributed by atoms with Gasteiger partial charge in [0.15, 0.2) is 0 Å². The summed E-state index contributed by atoms with van der Waals surface area (Å²) in [5, 5.41) is 3.18. The zero-order valence-corrected chi connectivity index (χ0v) is 12.9. The molecule has 0 amide bonds. The molecule has 1 aromatic heterocycles. The van der Waals surface area contributed by atoms with Gasteiger partial charge in [0.25, 0.3) is 0 Å². The number of imidazole rings is 1. The lowest BCUT2D eigenvalue weighted by Gasteiger charge is -2.10. The highest BCUT2D eigenvalue weighted by atomic mass is 79.9. The molecule has 1 aromatic carbocycles. The fourth-order valence-corrected chi connectivity index (χ4v) is 2.18. The van der Waals surface area contributed by atoms with Crippen LogP contribution in [0.5, 0.6) is 0 Å². The number of nitrogens with one attached hydrogen (secondary N) is 1. The van der Waals surface area contributed by atoms with E-state index >= 15 is 0 Å². The van der Waals surface area contributed by atoms with E-state index in [1.165, 1.54) is 6.07 Å². The first-order chi connectivity index (χ1) is 9.70. The predicted molar refractivity (Wildman–Crippen MR) is 80.7 cm³/mol. The van der Waals surface area contributed by atoms with Crippen LogP contribution in [0.2, 0.25) is 0 Å². The van der Waals surface area contributed by atoms with Gasteiger partial charge in [0.1, 0.15) is 5.82 Å². The quantitative estimate of drug-likeness (QED) is 0.775. The molecule has 4 nitrogen and oxygen atoms in total. The Kier molecular flexibility index (Phi) is 5.55. The molecule has 0 aliphatic heterocycles. The Morgan fingerprint density at radius 2 is 2.30 bits per heavy atom. The highest BCUT2D eigenvalue weighted by molar-refractivity contribution is 9.10. The third kappa shape index (κ3) is 4.05.